The summed E-state index contributed by atoms with van der Waals surface area (Å²) in [5.74, 6) is 0. The highest BCUT2D eigenvalue weighted by atomic mass is 19.1. The van der Waals surface area contributed by atoms with Crippen LogP contribution in [0.2, 0.25) is 0 Å². The zero-order chi connectivity index (χ0) is 8.60. The fourth-order valence-corrected chi connectivity index (χ4v) is 2.03. The van der Waals surface area contributed by atoms with Crippen molar-refractivity contribution >= 4 is 0 Å². The van der Waals surface area contributed by atoms with Gasteiger partial charge >= 0.3 is 0 Å². The summed E-state index contributed by atoms with van der Waals surface area (Å²) in [6.07, 6.45) is 3.88. The molecule has 2 rings (SSSR count). The van der Waals surface area contributed by atoms with Gasteiger partial charge in [-0.05, 0) is 32.2 Å². The van der Waals surface area contributed by atoms with Crippen LogP contribution in [0.1, 0.15) is 25.7 Å². The zero-order valence-corrected chi connectivity index (χ0v) is 7.43. The Morgan fingerprint density at radius 2 is 2.25 bits per heavy atom. The summed E-state index contributed by atoms with van der Waals surface area (Å²) in [7, 11) is 0. The van der Waals surface area contributed by atoms with Crippen molar-refractivity contribution in [3.05, 3.63) is 0 Å². The fraction of sp³-hybridized carbons (Fsp3) is 1.00. The Bertz CT molecular complexity index is 168. The van der Waals surface area contributed by atoms with Crippen molar-refractivity contribution < 1.29 is 4.39 Å². The molecule has 0 radical (unpaired) electrons. The summed E-state index contributed by atoms with van der Waals surface area (Å²) in [4.78, 5) is 2.23. The van der Waals surface area contributed by atoms with Gasteiger partial charge in [-0.15, -0.1) is 0 Å². The molecular formula is C9H17FN2. The second kappa shape index (κ2) is 2.96. The Hall–Kier alpha value is -0.150. The molecule has 2 aliphatic rings. The van der Waals surface area contributed by atoms with Crippen molar-refractivity contribution in [2.75, 3.05) is 19.6 Å². The number of alkyl halides is 1. The summed E-state index contributed by atoms with van der Waals surface area (Å²) >= 11 is 0. The quantitative estimate of drug-likeness (QED) is 0.685. The maximum Gasteiger partial charge on any atom is 0.123 e. The molecule has 1 aliphatic carbocycles. The Labute approximate surface area is 72.9 Å². The number of likely N-dealkylation sites (tertiary alicyclic amines) is 1. The van der Waals surface area contributed by atoms with Crippen LogP contribution in [0.4, 0.5) is 4.39 Å². The van der Waals surface area contributed by atoms with E-state index in [1.807, 2.05) is 0 Å². The van der Waals surface area contributed by atoms with Gasteiger partial charge in [0.05, 0.1) is 0 Å². The van der Waals surface area contributed by atoms with Crippen molar-refractivity contribution in [2.45, 2.75) is 37.4 Å². The van der Waals surface area contributed by atoms with Crippen LogP contribution in [0.25, 0.3) is 0 Å². The van der Waals surface area contributed by atoms with Crippen LogP contribution in [0, 0.1) is 0 Å². The largest absolute Gasteiger partial charge is 0.329 e. The minimum atomic E-state index is -0.836. The number of nitrogens with two attached hydrogens (primary N) is 1. The monoisotopic (exact) mass is 172 g/mol. The topological polar surface area (TPSA) is 29.3 Å². The first kappa shape index (κ1) is 8.45. The van der Waals surface area contributed by atoms with E-state index in [1.165, 1.54) is 6.42 Å². The zero-order valence-electron chi connectivity index (χ0n) is 7.43. The van der Waals surface area contributed by atoms with E-state index >= 15 is 0 Å². The first-order valence-electron chi connectivity index (χ1n) is 4.87. The van der Waals surface area contributed by atoms with E-state index < -0.39 is 5.67 Å². The summed E-state index contributed by atoms with van der Waals surface area (Å²) < 4.78 is 13.4. The van der Waals surface area contributed by atoms with Gasteiger partial charge in [-0.1, -0.05) is 0 Å². The molecule has 2 N–H and O–H groups in total. The maximum absolute atomic E-state index is 13.4. The SMILES string of the molecule is NCC1CCCN1CC1(F)CC1. The summed E-state index contributed by atoms with van der Waals surface area (Å²) in [5.41, 5.74) is 4.76. The van der Waals surface area contributed by atoms with E-state index in [1.54, 1.807) is 0 Å². The molecule has 0 aromatic carbocycles. The third-order valence-electron chi connectivity index (χ3n) is 3.05. The number of halogens is 1. The molecule has 12 heavy (non-hydrogen) atoms. The van der Waals surface area contributed by atoms with Crippen LogP contribution >= 0.6 is 0 Å². The number of rotatable bonds is 3. The Balaban J connectivity index is 1.85. The average molecular weight is 172 g/mol. The molecule has 1 atom stereocenters. The smallest absolute Gasteiger partial charge is 0.123 e. The molecule has 70 valence electrons. The highest BCUT2D eigenvalue weighted by Gasteiger charge is 2.45. The summed E-state index contributed by atoms with van der Waals surface area (Å²) in [5, 5.41) is 0. The van der Waals surface area contributed by atoms with Crippen LogP contribution in [-0.4, -0.2) is 36.2 Å². The van der Waals surface area contributed by atoms with Gasteiger partial charge in [-0.2, -0.15) is 0 Å². The standard InChI is InChI=1S/C9H17FN2/c10-9(3-4-9)7-12-5-1-2-8(12)6-11/h8H,1-7,11H2. The van der Waals surface area contributed by atoms with E-state index in [-0.39, 0.29) is 0 Å². The minimum Gasteiger partial charge on any atom is -0.329 e. The van der Waals surface area contributed by atoms with Gasteiger partial charge in [-0.25, -0.2) is 4.39 Å². The summed E-state index contributed by atoms with van der Waals surface area (Å²) in [6.45, 7) is 2.37. The van der Waals surface area contributed by atoms with Gasteiger partial charge in [0.1, 0.15) is 5.67 Å². The lowest BCUT2D eigenvalue weighted by molar-refractivity contribution is 0.167. The van der Waals surface area contributed by atoms with Crippen LogP contribution < -0.4 is 5.73 Å². The van der Waals surface area contributed by atoms with Crippen LogP contribution in [0.15, 0.2) is 0 Å². The van der Waals surface area contributed by atoms with Gasteiger partial charge in [0.2, 0.25) is 0 Å². The molecule has 3 heteroatoms. The molecule has 2 nitrogen and oxygen atoms in total. The van der Waals surface area contributed by atoms with E-state index in [4.69, 9.17) is 5.73 Å². The van der Waals surface area contributed by atoms with Gasteiger partial charge in [-0.3, -0.25) is 4.90 Å². The Kier molecular flexibility index (Phi) is 2.09. The number of nitrogens with zero attached hydrogens (tertiary/aromatic N) is 1. The average Bonchev–Trinajstić information content (AvgIpc) is 2.64. The molecule has 0 spiro atoms. The van der Waals surface area contributed by atoms with E-state index in [2.05, 4.69) is 4.90 Å². The normalized spacial score (nSPS) is 34.0. The lowest BCUT2D eigenvalue weighted by Crippen LogP contribution is -2.39. The van der Waals surface area contributed by atoms with Gasteiger partial charge in [0, 0.05) is 19.1 Å². The van der Waals surface area contributed by atoms with Crippen LogP contribution in [-0.2, 0) is 0 Å². The lowest BCUT2D eigenvalue weighted by atomic mass is 10.2. The van der Waals surface area contributed by atoms with Crippen molar-refractivity contribution in [1.29, 1.82) is 0 Å². The third-order valence-corrected chi connectivity index (χ3v) is 3.05. The Morgan fingerprint density at radius 1 is 1.50 bits per heavy atom. The molecule has 1 unspecified atom stereocenters. The highest BCUT2D eigenvalue weighted by Crippen LogP contribution is 2.41. The molecule has 0 amide bonds. The number of hydrogen-bond donors (Lipinski definition) is 1. The molecule has 1 aliphatic heterocycles. The lowest BCUT2D eigenvalue weighted by Gasteiger charge is -2.24. The minimum absolute atomic E-state index is 0.457. The van der Waals surface area contributed by atoms with Gasteiger partial charge < -0.3 is 5.73 Å². The van der Waals surface area contributed by atoms with Crippen molar-refractivity contribution in [3.63, 3.8) is 0 Å². The van der Waals surface area contributed by atoms with E-state index in [0.29, 0.717) is 19.1 Å². The first-order valence-corrected chi connectivity index (χ1v) is 4.87. The molecular weight excluding hydrogens is 155 g/mol. The molecule has 1 heterocycles. The highest BCUT2D eigenvalue weighted by molar-refractivity contribution is 4.98. The molecule has 1 saturated carbocycles. The van der Waals surface area contributed by atoms with Crippen molar-refractivity contribution in [2.24, 2.45) is 5.73 Å². The maximum atomic E-state index is 13.4. The van der Waals surface area contributed by atoms with Crippen LogP contribution in [0.5, 0.6) is 0 Å². The summed E-state index contributed by atoms with van der Waals surface area (Å²) in [6, 6.07) is 0.457. The van der Waals surface area contributed by atoms with E-state index in [0.717, 1.165) is 25.8 Å². The molecule has 2 fully saturated rings. The van der Waals surface area contributed by atoms with Gasteiger partial charge in [0.15, 0.2) is 0 Å². The van der Waals surface area contributed by atoms with E-state index in [9.17, 15) is 4.39 Å². The Morgan fingerprint density at radius 3 is 2.83 bits per heavy atom. The first-order chi connectivity index (χ1) is 5.73. The number of hydrogen-bond acceptors (Lipinski definition) is 2. The molecule has 0 bridgehead atoms. The van der Waals surface area contributed by atoms with Gasteiger partial charge in [0.25, 0.3) is 0 Å². The predicted molar refractivity (Wildman–Crippen MR) is 46.7 cm³/mol. The fourth-order valence-electron chi connectivity index (χ4n) is 2.03. The van der Waals surface area contributed by atoms with Crippen molar-refractivity contribution in [1.82, 2.24) is 4.90 Å². The molecule has 0 aromatic heterocycles. The second-order valence-corrected chi connectivity index (χ2v) is 4.15. The second-order valence-electron chi connectivity index (χ2n) is 4.15. The third kappa shape index (κ3) is 1.62. The van der Waals surface area contributed by atoms with Crippen LogP contribution in [0.3, 0.4) is 0 Å². The molecule has 1 saturated heterocycles. The predicted octanol–water partition coefficient (Wildman–Crippen LogP) is 0.912. The molecule has 0 aromatic rings. The van der Waals surface area contributed by atoms with Crippen molar-refractivity contribution in [3.8, 4) is 0 Å².